The molecule has 5 rings (SSSR count). The van der Waals surface area contributed by atoms with Gasteiger partial charge in [-0.25, -0.2) is 9.97 Å². The lowest BCUT2D eigenvalue weighted by Gasteiger charge is -2.19. The van der Waals surface area contributed by atoms with Crippen LogP contribution in [0.5, 0.6) is 5.75 Å². The van der Waals surface area contributed by atoms with Gasteiger partial charge in [-0.05, 0) is 73.6 Å². The molecular weight excluding hydrogens is 512 g/mol. The molecule has 0 spiro atoms. The summed E-state index contributed by atoms with van der Waals surface area (Å²) in [5.41, 5.74) is 5.72. The summed E-state index contributed by atoms with van der Waals surface area (Å²) in [5, 5.41) is 6.42. The van der Waals surface area contributed by atoms with Crippen molar-refractivity contribution in [1.29, 1.82) is 0 Å². The summed E-state index contributed by atoms with van der Waals surface area (Å²) in [6.07, 6.45) is 5.57. The zero-order chi connectivity index (χ0) is 29.0. The Morgan fingerprint density at radius 1 is 0.976 bits per heavy atom. The molecule has 2 N–H and O–H groups in total. The summed E-state index contributed by atoms with van der Waals surface area (Å²) in [5.74, 6) is 1.29. The molecule has 0 aliphatic carbocycles. The van der Waals surface area contributed by atoms with Crippen molar-refractivity contribution in [2.75, 3.05) is 37.9 Å². The standard InChI is InChI=1S/C33H36N6O2/c1-33(2,3)25-11-9-23(10-12-25)32(40)36-27-8-6-7-24(21-27)29-22-39-18-17-34-31(39)30(37-29)35-26-13-15-28(16-14-26)41-20-19-38(4)5/h6-18,21-22H,19-20H2,1-5H3,(H,35,37)(H,36,40). The number of carbonyl (C=O) groups excluding carboxylic acids is 1. The van der Waals surface area contributed by atoms with Crippen LogP contribution in [0, 0.1) is 0 Å². The average molecular weight is 549 g/mol. The highest BCUT2D eigenvalue weighted by Gasteiger charge is 2.15. The second-order valence-corrected chi connectivity index (χ2v) is 11.3. The summed E-state index contributed by atoms with van der Waals surface area (Å²) in [7, 11) is 4.04. The van der Waals surface area contributed by atoms with E-state index in [0.717, 1.165) is 29.2 Å². The van der Waals surface area contributed by atoms with E-state index in [2.05, 4.69) is 41.3 Å². The van der Waals surface area contributed by atoms with Crippen LogP contribution in [-0.2, 0) is 5.41 Å². The second-order valence-electron chi connectivity index (χ2n) is 11.3. The molecule has 3 aromatic carbocycles. The van der Waals surface area contributed by atoms with Gasteiger partial charge in [0.2, 0.25) is 0 Å². The van der Waals surface area contributed by atoms with Gasteiger partial charge in [-0.15, -0.1) is 0 Å². The van der Waals surface area contributed by atoms with Crippen LogP contribution in [0.1, 0.15) is 36.7 Å². The van der Waals surface area contributed by atoms with Gasteiger partial charge in [0.25, 0.3) is 5.91 Å². The van der Waals surface area contributed by atoms with Gasteiger partial charge in [0.05, 0.1) is 5.69 Å². The fraction of sp³-hybridized carbons (Fsp3) is 0.242. The van der Waals surface area contributed by atoms with Crippen molar-refractivity contribution < 1.29 is 9.53 Å². The smallest absolute Gasteiger partial charge is 0.255 e. The minimum Gasteiger partial charge on any atom is -0.492 e. The molecule has 1 amide bonds. The first kappa shape index (κ1) is 27.9. The highest BCUT2D eigenvalue weighted by molar-refractivity contribution is 6.04. The minimum absolute atomic E-state index is 0.0318. The van der Waals surface area contributed by atoms with E-state index in [1.807, 2.05) is 104 Å². The lowest BCUT2D eigenvalue weighted by molar-refractivity contribution is 0.102. The van der Waals surface area contributed by atoms with E-state index in [1.165, 1.54) is 5.56 Å². The fourth-order valence-corrected chi connectivity index (χ4v) is 4.35. The zero-order valence-corrected chi connectivity index (χ0v) is 24.2. The number of carbonyl (C=O) groups is 1. The first-order chi connectivity index (χ1) is 19.7. The SMILES string of the molecule is CN(C)CCOc1ccc(Nc2nc(-c3cccc(NC(=O)c4ccc(C(C)(C)C)cc4)c3)cn3ccnc23)cc1. The molecule has 8 heteroatoms. The van der Waals surface area contributed by atoms with Crippen molar-refractivity contribution in [2.24, 2.45) is 0 Å². The Hall–Kier alpha value is -4.69. The van der Waals surface area contributed by atoms with Gasteiger partial charge < -0.3 is 24.7 Å². The van der Waals surface area contributed by atoms with Crippen LogP contribution in [0.4, 0.5) is 17.2 Å². The van der Waals surface area contributed by atoms with E-state index < -0.39 is 0 Å². The third-order valence-corrected chi connectivity index (χ3v) is 6.73. The predicted molar refractivity (Wildman–Crippen MR) is 165 cm³/mol. The van der Waals surface area contributed by atoms with Crippen molar-refractivity contribution in [2.45, 2.75) is 26.2 Å². The van der Waals surface area contributed by atoms with Crippen LogP contribution in [0.25, 0.3) is 16.9 Å². The summed E-state index contributed by atoms with van der Waals surface area (Å²) < 4.78 is 7.75. The van der Waals surface area contributed by atoms with Crippen molar-refractivity contribution >= 4 is 28.7 Å². The molecule has 0 saturated carbocycles. The molecule has 2 aromatic heterocycles. The topological polar surface area (TPSA) is 83.8 Å². The first-order valence-corrected chi connectivity index (χ1v) is 13.7. The van der Waals surface area contributed by atoms with E-state index in [-0.39, 0.29) is 11.3 Å². The summed E-state index contributed by atoms with van der Waals surface area (Å²) in [4.78, 5) is 24.4. The van der Waals surface area contributed by atoms with Gasteiger partial charge in [-0.1, -0.05) is 45.0 Å². The fourth-order valence-electron chi connectivity index (χ4n) is 4.35. The number of ether oxygens (including phenoxy) is 1. The molecule has 0 unspecified atom stereocenters. The Labute approximate surface area is 241 Å². The maximum absolute atomic E-state index is 13.0. The van der Waals surface area contributed by atoms with Crippen LogP contribution in [0.2, 0.25) is 0 Å². The summed E-state index contributed by atoms with van der Waals surface area (Å²) in [6, 6.07) is 23.2. The van der Waals surface area contributed by atoms with Gasteiger partial charge in [0.1, 0.15) is 12.4 Å². The number of hydrogen-bond donors (Lipinski definition) is 2. The maximum Gasteiger partial charge on any atom is 0.255 e. The molecule has 0 atom stereocenters. The maximum atomic E-state index is 13.0. The molecule has 0 radical (unpaired) electrons. The average Bonchev–Trinajstić information content (AvgIpc) is 3.43. The van der Waals surface area contributed by atoms with Gasteiger partial charge in [0, 0.05) is 47.6 Å². The van der Waals surface area contributed by atoms with E-state index in [0.29, 0.717) is 29.3 Å². The van der Waals surface area contributed by atoms with Crippen LogP contribution in [0.15, 0.2) is 91.4 Å². The van der Waals surface area contributed by atoms with Gasteiger partial charge in [-0.3, -0.25) is 4.79 Å². The van der Waals surface area contributed by atoms with E-state index in [9.17, 15) is 4.79 Å². The number of likely N-dealkylation sites (N-methyl/N-ethyl adjacent to an activating group) is 1. The van der Waals surface area contributed by atoms with Crippen molar-refractivity contribution in [3.63, 3.8) is 0 Å². The van der Waals surface area contributed by atoms with Crippen molar-refractivity contribution in [1.82, 2.24) is 19.3 Å². The Kier molecular flexibility index (Phi) is 8.03. The molecular formula is C33H36N6O2. The van der Waals surface area contributed by atoms with E-state index in [1.54, 1.807) is 6.20 Å². The summed E-state index contributed by atoms with van der Waals surface area (Å²) in [6.45, 7) is 7.94. The quantitative estimate of drug-likeness (QED) is 0.215. The van der Waals surface area contributed by atoms with Crippen molar-refractivity contribution in [3.8, 4) is 17.0 Å². The molecule has 0 bridgehead atoms. The predicted octanol–water partition coefficient (Wildman–Crippen LogP) is 6.63. The number of nitrogens with one attached hydrogen (secondary N) is 2. The van der Waals surface area contributed by atoms with Crippen LogP contribution >= 0.6 is 0 Å². The highest BCUT2D eigenvalue weighted by atomic mass is 16.5. The molecule has 0 aliphatic heterocycles. The number of imidazole rings is 1. The number of rotatable bonds is 9. The van der Waals surface area contributed by atoms with Gasteiger partial charge in [-0.2, -0.15) is 0 Å². The molecule has 210 valence electrons. The number of nitrogens with zero attached hydrogens (tertiary/aromatic N) is 4. The number of amides is 1. The first-order valence-electron chi connectivity index (χ1n) is 13.7. The summed E-state index contributed by atoms with van der Waals surface area (Å²) >= 11 is 0. The van der Waals surface area contributed by atoms with Crippen LogP contribution < -0.4 is 15.4 Å². The third-order valence-electron chi connectivity index (χ3n) is 6.73. The number of anilines is 3. The zero-order valence-electron chi connectivity index (χ0n) is 24.2. The number of fused-ring (bicyclic) bond motifs is 1. The van der Waals surface area contributed by atoms with Crippen molar-refractivity contribution in [3.05, 3.63) is 103 Å². The Balaban J connectivity index is 1.34. The molecule has 8 nitrogen and oxygen atoms in total. The Morgan fingerprint density at radius 2 is 1.73 bits per heavy atom. The number of hydrogen-bond acceptors (Lipinski definition) is 6. The van der Waals surface area contributed by atoms with Crippen LogP contribution in [-0.4, -0.2) is 52.4 Å². The monoisotopic (exact) mass is 548 g/mol. The molecule has 41 heavy (non-hydrogen) atoms. The minimum atomic E-state index is -0.155. The molecule has 5 aromatic rings. The normalized spacial score (nSPS) is 11.6. The molecule has 2 heterocycles. The Bertz CT molecular complexity index is 1630. The highest BCUT2D eigenvalue weighted by Crippen LogP contribution is 2.28. The van der Waals surface area contributed by atoms with E-state index >= 15 is 0 Å². The molecule has 0 fully saturated rings. The second kappa shape index (κ2) is 11.8. The van der Waals surface area contributed by atoms with E-state index in [4.69, 9.17) is 9.72 Å². The molecule has 0 aliphatic rings. The largest absolute Gasteiger partial charge is 0.492 e. The van der Waals surface area contributed by atoms with Gasteiger partial charge in [0.15, 0.2) is 11.5 Å². The molecule has 0 saturated heterocycles. The third kappa shape index (κ3) is 6.91. The van der Waals surface area contributed by atoms with Crippen LogP contribution in [0.3, 0.4) is 0 Å². The lowest BCUT2D eigenvalue weighted by atomic mass is 9.87. The van der Waals surface area contributed by atoms with Gasteiger partial charge >= 0.3 is 0 Å². The number of benzene rings is 3. The lowest BCUT2D eigenvalue weighted by Crippen LogP contribution is -2.19. The Morgan fingerprint density at radius 3 is 2.44 bits per heavy atom. The number of aromatic nitrogens is 3.